The van der Waals surface area contributed by atoms with Crippen molar-refractivity contribution < 1.29 is 0 Å². The fraction of sp³-hybridized carbons (Fsp3) is 0.133. The van der Waals surface area contributed by atoms with Crippen molar-refractivity contribution in [3.8, 4) is 5.82 Å². The topological polar surface area (TPSA) is 59.8 Å². The number of benzene rings is 1. The van der Waals surface area contributed by atoms with E-state index in [0.717, 1.165) is 29.7 Å². The molecule has 2 aromatic heterocycles. The predicted molar refractivity (Wildman–Crippen MR) is 77.3 cm³/mol. The Balaban J connectivity index is 2.11. The molecule has 0 amide bonds. The van der Waals surface area contributed by atoms with E-state index in [0.29, 0.717) is 11.2 Å². The fourth-order valence-electron chi connectivity index (χ4n) is 2.64. The van der Waals surface area contributed by atoms with Gasteiger partial charge in [0.2, 0.25) is 0 Å². The summed E-state index contributed by atoms with van der Waals surface area (Å²) in [5.74, 6) is 0.555. The zero-order valence-corrected chi connectivity index (χ0v) is 10.7. The number of aromatic nitrogens is 3. The highest BCUT2D eigenvalue weighted by atomic mass is 16.1. The number of anilines is 1. The number of rotatable bonds is 1. The summed E-state index contributed by atoms with van der Waals surface area (Å²) in [4.78, 5) is 16.8. The van der Waals surface area contributed by atoms with Crippen LogP contribution in [0.5, 0.6) is 0 Å². The lowest BCUT2D eigenvalue weighted by Gasteiger charge is -2.19. The number of hydrogen-bond donors (Lipinski definition) is 1. The van der Waals surface area contributed by atoms with Crippen LogP contribution < -0.4 is 10.9 Å². The normalized spacial score (nSPS) is 13.2. The molecule has 0 atom stereocenters. The summed E-state index contributed by atoms with van der Waals surface area (Å²) < 4.78 is 1.40. The third-order valence-corrected chi connectivity index (χ3v) is 3.54. The van der Waals surface area contributed by atoms with E-state index < -0.39 is 0 Å². The summed E-state index contributed by atoms with van der Waals surface area (Å²) in [5.41, 5.74) is 1.80. The van der Waals surface area contributed by atoms with Crippen LogP contribution in [0.25, 0.3) is 16.6 Å². The van der Waals surface area contributed by atoms with Crippen molar-refractivity contribution in [2.75, 3.05) is 11.9 Å². The van der Waals surface area contributed by atoms with Crippen molar-refractivity contribution in [1.82, 2.24) is 14.8 Å². The van der Waals surface area contributed by atoms with Crippen LogP contribution in [0, 0.1) is 0 Å². The van der Waals surface area contributed by atoms with E-state index in [2.05, 4.69) is 15.4 Å². The van der Waals surface area contributed by atoms with E-state index in [-0.39, 0.29) is 5.56 Å². The Kier molecular flexibility index (Phi) is 2.32. The molecule has 0 bridgehead atoms. The van der Waals surface area contributed by atoms with Crippen LogP contribution in [0.2, 0.25) is 0 Å². The largest absolute Gasteiger partial charge is 0.384 e. The van der Waals surface area contributed by atoms with E-state index in [4.69, 9.17) is 0 Å². The Bertz CT molecular complexity index is 855. The van der Waals surface area contributed by atoms with Crippen LogP contribution in [0.3, 0.4) is 0 Å². The molecule has 0 fully saturated rings. The second-order valence-electron chi connectivity index (χ2n) is 4.76. The molecular weight excluding hydrogens is 252 g/mol. The van der Waals surface area contributed by atoms with Gasteiger partial charge in [-0.15, -0.1) is 0 Å². The molecule has 3 heterocycles. The van der Waals surface area contributed by atoms with E-state index in [9.17, 15) is 4.79 Å². The highest BCUT2D eigenvalue weighted by Gasteiger charge is 2.17. The average molecular weight is 264 g/mol. The molecule has 0 spiro atoms. The zero-order chi connectivity index (χ0) is 13.5. The fourth-order valence-corrected chi connectivity index (χ4v) is 2.64. The van der Waals surface area contributed by atoms with Crippen molar-refractivity contribution in [3.05, 3.63) is 58.6 Å². The van der Waals surface area contributed by atoms with Gasteiger partial charge in [0.05, 0.1) is 11.1 Å². The Morgan fingerprint density at radius 1 is 1.15 bits per heavy atom. The van der Waals surface area contributed by atoms with Gasteiger partial charge in [0.1, 0.15) is 0 Å². The van der Waals surface area contributed by atoms with Crippen LogP contribution in [0.4, 0.5) is 5.69 Å². The molecule has 0 radical (unpaired) electrons. The van der Waals surface area contributed by atoms with Gasteiger partial charge in [-0.1, -0.05) is 12.1 Å². The highest BCUT2D eigenvalue weighted by Crippen LogP contribution is 2.27. The molecule has 0 saturated carbocycles. The van der Waals surface area contributed by atoms with E-state index in [1.54, 1.807) is 12.3 Å². The molecule has 1 aliphatic rings. The van der Waals surface area contributed by atoms with Gasteiger partial charge in [-0.05, 0) is 24.3 Å². The summed E-state index contributed by atoms with van der Waals surface area (Å²) in [6.07, 6.45) is 2.47. The first-order chi connectivity index (χ1) is 9.84. The predicted octanol–water partition coefficient (Wildman–Crippen LogP) is 1.75. The summed E-state index contributed by atoms with van der Waals surface area (Å²) in [6.45, 7) is 0.833. The van der Waals surface area contributed by atoms with Gasteiger partial charge in [0.25, 0.3) is 5.56 Å². The van der Waals surface area contributed by atoms with Gasteiger partial charge in [-0.25, -0.2) is 4.98 Å². The van der Waals surface area contributed by atoms with E-state index in [1.807, 2.05) is 30.3 Å². The van der Waals surface area contributed by atoms with Crippen LogP contribution in [-0.4, -0.2) is 21.3 Å². The molecule has 0 aliphatic carbocycles. The number of hydrogen-bond acceptors (Lipinski definition) is 4. The zero-order valence-electron chi connectivity index (χ0n) is 10.7. The van der Waals surface area contributed by atoms with Crippen LogP contribution in [0.15, 0.2) is 47.4 Å². The minimum absolute atomic E-state index is 0.131. The minimum atomic E-state index is -0.131. The first-order valence-electron chi connectivity index (χ1n) is 6.55. The maximum Gasteiger partial charge on any atom is 0.280 e. The standard InChI is InChI=1S/C15H12N4O/c20-15-10-4-3-5-11-14(10)12(7-9-16-11)18-19(15)13-6-1-2-8-17-13/h1-6,8,16H,7,9H2. The van der Waals surface area contributed by atoms with Crippen LogP contribution in [0.1, 0.15) is 5.69 Å². The van der Waals surface area contributed by atoms with Gasteiger partial charge in [-0.3, -0.25) is 4.79 Å². The third kappa shape index (κ3) is 1.53. The van der Waals surface area contributed by atoms with Gasteiger partial charge >= 0.3 is 0 Å². The lowest BCUT2D eigenvalue weighted by molar-refractivity contribution is 0.751. The van der Waals surface area contributed by atoms with Crippen LogP contribution >= 0.6 is 0 Å². The molecule has 0 saturated heterocycles. The molecule has 0 unspecified atom stereocenters. The average Bonchev–Trinajstić information content (AvgIpc) is 2.52. The van der Waals surface area contributed by atoms with E-state index in [1.165, 1.54) is 4.68 Å². The lowest BCUT2D eigenvalue weighted by Crippen LogP contribution is -2.26. The molecule has 1 aliphatic heterocycles. The smallest absolute Gasteiger partial charge is 0.280 e. The second-order valence-corrected chi connectivity index (χ2v) is 4.76. The summed E-state index contributed by atoms with van der Waals surface area (Å²) in [6, 6.07) is 11.2. The highest BCUT2D eigenvalue weighted by molar-refractivity contribution is 5.96. The van der Waals surface area contributed by atoms with Gasteiger partial charge in [0, 0.05) is 30.2 Å². The van der Waals surface area contributed by atoms with Gasteiger partial charge in [0.15, 0.2) is 5.82 Å². The molecule has 4 rings (SSSR count). The second kappa shape index (κ2) is 4.16. The Morgan fingerprint density at radius 3 is 2.95 bits per heavy atom. The summed E-state index contributed by atoms with van der Waals surface area (Å²) in [5, 5.41) is 9.44. The molecule has 5 nitrogen and oxygen atoms in total. The van der Waals surface area contributed by atoms with Crippen molar-refractivity contribution in [2.45, 2.75) is 6.42 Å². The van der Waals surface area contributed by atoms with Gasteiger partial charge in [-0.2, -0.15) is 9.78 Å². The van der Waals surface area contributed by atoms with Crippen molar-refractivity contribution in [2.24, 2.45) is 0 Å². The molecule has 1 aromatic carbocycles. The van der Waals surface area contributed by atoms with Crippen molar-refractivity contribution in [1.29, 1.82) is 0 Å². The first-order valence-corrected chi connectivity index (χ1v) is 6.55. The number of nitrogens with zero attached hydrogens (tertiary/aromatic N) is 3. The Morgan fingerprint density at radius 2 is 2.10 bits per heavy atom. The molecule has 1 N–H and O–H groups in total. The number of nitrogens with one attached hydrogen (secondary N) is 1. The SMILES string of the molecule is O=c1c2cccc3c2c(nn1-c1ccccn1)CCN3. The molecule has 20 heavy (non-hydrogen) atoms. The number of pyridine rings is 1. The Labute approximate surface area is 114 Å². The van der Waals surface area contributed by atoms with E-state index >= 15 is 0 Å². The van der Waals surface area contributed by atoms with Crippen molar-refractivity contribution >= 4 is 16.5 Å². The molecule has 3 aromatic rings. The minimum Gasteiger partial charge on any atom is -0.384 e. The monoisotopic (exact) mass is 264 g/mol. The molecule has 98 valence electrons. The molecule has 5 heteroatoms. The first kappa shape index (κ1) is 11.2. The quantitative estimate of drug-likeness (QED) is 0.727. The Hall–Kier alpha value is -2.69. The summed E-state index contributed by atoms with van der Waals surface area (Å²) >= 11 is 0. The molecular formula is C15H12N4O. The maximum absolute atomic E-state index is 12.6. The summed E-state index contributed by atoms with van der Waals surface area (Å²) in [7, 11) is 0. The van der Waals surface area contributed by atoms with Gasteiger partial charge < -0.3 is 5.32 Å². The van der Waals surface area contributed by atoms with Crippen LogP contribution in [-0.2, 0) is 6.42 Å². The maximum atomic E-state index is 12.6. The third-order valence-electron chi connectivity index (χ3n) is 3.54. The van der Waals surface area contributed by atoms with Crippen molar-refractivity contribution in [3.63, 3.8) is 0 Å². The lowest BCUT2D eigenvalue weighted by atomic mass is 10.0.